The molecule has 2 rings (SSSR count). The van der Waals surface area contributed by atoms with Crippen LogP contribution in [-0.2, 0) is 16.6 Å². The number of aromatic nitrogens is 2. The summed E-state index contributed by atoms with van der Waals surface area (Å²) in [7, 11) is 1.85. The Balaban J connectivity index is 2.08. The van der Waals surface area contributed by atoms with E-state index in [4.69, 9.17) is 0 Å². The van der Waals surface area contributed by atoms with Crippen LogP contribution in [0.2, 0.25) is 0 Å². The van der Waals surface area contributed by atoms with E-state index in [1.54, 1.807) is 10.9 Å². The number of hydrogen-bond donors (Lipinski definition) is 2. The van der Waals surface area contributed by atoms with E-state index < -0.39 is 17.8 Å². The lowest BCUT2D eigenvalue weighted by molar-refractivity contribution is -0.147. The summed E-state index contributed by atoms with van der Waals surface area (Å²) in [5.74, 6) is -2.27. The summed E-state index contributed by atoms with van der Waals surface area (Å²) in [6.45, 7) is 3.82. The molecule has 1 aliphatic carbocycles. The van der Waals surface area contributed by atoms with Crippen molar-refractivity contribution >= 4 is 11.9 Å². The van der Waals surface area contributed by atoms with Gasteiger partial charge in [-0.15, -0.1) is 0 Å². The van der Waals surface area contributed by atoms with Crippen molar-refractivity contribution in [1.29, 1.82) is 0 Å². The number of aliphatic carboxylic acids is 1. The van der Waals surface area contributed by atoms with Crippen LogP contribution >= 0.6 is 0 Å². The first-order valence-corrected chi connectivity index (χ1v) is 7.08. The Morgan fingerprint density at radius 3 is 2.52 bits per heavy atom. The highest BCUT2D eigenvalue weighted by molar-refractivity contribution is 5.85. The fourth-order valence-corrected chi connectivity index (χ4v) is 2.72. The van der Waals surface area contributed by atoms with Gasteiger partial charge >= 0.3 is 5.97 Å². The van der Waals surface area contributed by atoms with Crippen LogP contribution in [0.15, 0.2) is 18.3 Å². The molecule has 0 fully saturated rings. The molecular formula is C15H21N3O3. The molecule has 0 unspecified atom stereocenters. The van der Waals surface area contributed by atoms with Crippen LogP contribution in [0.4, 0.5) is 0 Å². The molecule has 0 saturated carbocycles. The Morgan fingerprint density at radius 1 is 1.38 bits per heavy atom. The highest BCUT2D eigenvalue weighted by Crippen LogP contribution is 2.27. The van der Waals surface area contributed by atoms with Gasteiger partial charge in [0.1, 0.15) is 0 Å². The average Bonchev–Trinajstić information content (AvgIpc) is 2.79. The van der Waals surface area contributed by atoms with E-state index in [1.807, 2.05) is 33.0 Å². The third-order valence-electron chi connectivity index (χ3n) is 4.18. The number of nitrogens with one attached hydrogen (secondary N) is 1. The topological polar surface area (TPSA) is 84.2 Å². The van der Waals surface area contributed by atoms with Gasteiger partial charge in [0.2, 0.25) is 5.91 Å². The number of allylic oxidation sites excluding steroid dienone is 2. The van der Waals surface area contributed by atoms with Gasteiger partial charge in [0.05, 0.1) is 24.1 Å². The molecule has 21 heavy (non-hydrogen) atoms. The van der Waals surface area contributed by atoms with Crippen LogP contribution in [-0.4, -0.2) is 26.8 Å². The van der Waals surface area contributed by atoms with Crippen molar-refractivity contribution in [3.05, 3.63) is 29.6 Å². The molecule has 1 aliphatic rings. The molecule has 0 spiro atoms. The van der Waals surface area contributed by atoms with Gasteiger partial charge in [0.15, 0.2) is 0 Å². The third kappa shape index (κ3) is 3.15. The van der Waals surface area contributed by atoms with E-state index in [9.17, 15) is 14.7 Å². The molecule has 1 aromatic heterocycles. The minimum absolute atomic E-state index is 0.188. The smallest absolute Gasteiger partial charge is 0.307 e. The predicted octanol–water partition coefficient (Wildman–Crippen LogP) is 1.57. The summed E-state index contributed by atoms with van der Waals surface area (Å²) >= 11 is 0. The van der Waals surface area contributed by atoms with Gasteiger partial charge in [-0.05, 0) is 26.7 Å². The summed E-state index contributed by atoms with van der Waals surface area (Å²) in [4.78, 5) is 23.6. The van der Waals surface area contributed by atoms with Crippen LogP contribution in [0.5, 0.6) is 0 Å². The van der Waals surface area contributed by atoms with Crippen LogP contribution < -0.4 is 5.32 Å². The largest absolute Gasteiger partial charge is 0.481 e. The number of amides is 1. The second-order valence-corrected chi connectivity index (χ2v) is 5.53. The molecule has 0 radical (unpaired) electrons. The lowest BCUT2D eigenvalue weighted by Crippen LogP contribution is -2.39. The van der Waals surface area contributed by atoms with Crippen molar-refractivity contribution in [2.75, 3.05) is 0 Å². The summed E-state index contributed by atoms with van der Waals surface area (Å²) in [5.41, 5.74) is 1.94. The Hall–Kier alpha value is -2.11. The van der Waals surface area contributed by atoms with E-state index in [0.717, 1.165) is 11.3 Å². The maximum absolute atomic E-state index is 12.4. The minimum Gasteiger partial charge on any atom is -0.481 e. The van der Waals surface area contributed by atoms with Crippen LogP contribution in [0.1, 0.15) is 37.1 Å². The number of carbonyl (C=O) groups is 2. The van der Waals surface area contributed by atoms with E-state index >= 15 is 0 Å². The van der Waals surface area contributed by atoms with Gasteiger partial charge in [0, 0.05) is 18.3 Å². The second-order valence-electron chi connectivity index (χ2n) is 5.53. The zero-order valence-electron chi connectivity index (χ0n) is 12.5. The second kappa shape index (κ2) is 6.11. The summed E-state index contributed by atoms with van der Waals surface area (Å²) < 4.78 is 1.75. The zero-order chi connectivity index (χ0) is 15.6. The lowest BCUT2D eigenvalue weighted by Gasteiger charge is -2.26. The number of hydrogen-bond acceptors (Lipinski definition) is 3. The molecule has 2 N–H and O–H groups in total. The van der Waals surface area contributed by atoms with Gasteiger partial charge in [-0.3, -0.25) is 14.3 Å². The van der Waals surface area contributed by atoms with Gasteiger partial charge in [-0.25, -0.2) is 0 Å². The molecule has 0 aromatic carbocycles. The maximum atomic E-state index is 12.4. The molecule has 6 heteroatoms. The quantitative estimate of drug-likeness (QED) is 0.825. The Labute approximate surface area is 123 Å². The summed E-state index contributed by atoms with van der Waals surface area (Å²) in [6.07, 6.45) is 6.33. The lowest BCUT2D eigenvalue weighted by atomic mass is 9.82. The third-order valence-corrected chi connectivity index (χ3v) is 4.18. The number of carboxylic acid groups (broad SMARTS) is 1. The van der Waals surface area contributed by atoms with Crippen molar-refractivity contribution in [1.82, 2.24) is 15.1 Å². The van der Waals surface area contributed by atoms with Crippen molar-refractivity contribution < 1.29 is 14.7 Å². The fraction of sp³-hybridized carbons (Fsp3) is 0.533. The predicted molar refractivity (Wildman–Crippen MR) is 77.5 cm³/mol. The van der Waals surface area contributed by atoms with Crippen LogP contribution in [0, 0.1) is 18.8 Å². The first-order chi connectivity index (χ1) is 9.91. The molecule has 1 aromatic rings. The van der Waals surface area contributed by atoms with Crippen LogP contribution in [0.25, 0.3) is 0 Å². The molecular weight excluding hydrogens is 270 g/mol. The molecule has 0 aliphatic heterocycles. The minimum atomic E-state index is -0.912. The number of aryl methyl sites for hydroxylation is 1. The zero-order valence-corrected chi connectivity index (χ0v) is 12.5. The first kappa shape index (κ1) is 15.3. The standard InChI is InChI=1S/C15H21N3O3/c1-9(13-8-16-18(3)10(13)2)17-14(19)11-6-4-5-7-12(11)15(20)21/h4-5,8-9,11-12H,6-7H2,1-3H3,(H,17,19)(H,20,21)/t9-,11+,12-/m0/s1. The van der Waals surface area contributed by atoms with Crippen molar-refractivity contribution in [3.63, 3.8) is 0 Å². The molecule has 114 valence electrons. The van der Waals surface area contributed by atoms with E-state index in [1.165, 1.54) is 0 Å². The first-order valence-electron chi connectivity index (χ1n) is 7.08. The monoisotopic (exact) mass is 291 g/mol. The number of carboxylic acids is 1. The van der Waals surface area contributed by atoms with Crippen molar-refractivity contribution in [2.45, 2.75) is 32.7 Å². The number of carbonyl (C=O) groups excluding carboxylic acids is 1. The number of rotatable bonds is 4. The van der Waals surface area contributed by atoms with E-state index in [2.05, 4.69) is 10.4 Å². The highest BCUT2D eigenvalue weighted by Gasteiger charge is 2.34. The van der Waals surface area contributed by atoms with E-state index in [-0.39, 0.29) is 11.9 Å². The van der Waals surface area contributed by atoms with Gasteiger partial charge in [-0.1, -0.05) is 12.2 Å². The van der Waals surface area contributed by atoms with Crippen LogP contribution in [0.3, 0.4) is 0 Å². The fourth-order valence-electron chi connectivity index (χ4n) is 2.72. The Kier molecular flexibility index (Phi) is 4.45. The Bertz CT molecular complexity index is 577. The highest BCUT2D eigenvalue weighted by atomic mass is 16.4. The van der Waals surface area contributed by atoms with Crippen molar-refractivity contribution in [3.8, 4) is 0 Å². The molecule has 0 saturated heterocycles. The van der Waals surface area contributed by atoms with Gasteiger partial charge in [-0.2, -0.15) is 5.10 Å². The SMILES string of the molecule is Cc1c([C@H](C)NC(=O)[C@@H]2CC=CC[C@@H]2C(=O)O)cnn1C. The normalized spacial score (nSPS) is 22.8. The van der Waals surface area contributed by atoms with Gasteiger partial charge in [0.25, 0.3) is 0 Å². The molecule has 6 nitrogen and oxygen atoms in total. The average molecular weight is 291 g/mol. The molecule has 0 bridgehead atoms. The maximum Gasteiger partial charge on any atom is 0.307 e. The van der Waals surface area contributed by atoms with Crippen molar-refractivity contribution in [2.24, 2.45) is 18.9 Å². The van der Waals surface area contributed by atoms with E-state index in [0.29, 0.717) is 12.8 Å². The summed E-state index contributed by atoms with van der Waals surface area (Å²) in [6, 6.07) is -0.188. The number of nitrogens with zero attached hydrogens (tertiary/aromatic N) is 2. The van der Waals surface area contributed by atoms with Gasteiger partial charge < -0.3 is 10.4 Å². The molecule has 3 atom stereocenters. The molecule has 1 amide bonds. The molecule has 1 heterocycles. The summed E-state index contributed by atoms with van der Waals surface area (Å²) in [5, 5.41) is 16.3. The Morgan fingerprint density at radius 2 is 2.00 bits per heavy atom.